The molecule has 0 aliphatic carbocycles. The van der Waals surface area contributed by atoms with E-state index in [1.54, 1.807) is 38.3 Å². The number of likely N-dealkylation sites (N-methyl/N-ethyl adjacent to an activating group) is 1. The first kappa shape index (κ1) is 17.1. The lowest BCUT2D eigenvalue weighted by Gasteiger charge is -2.17. The van der Waals surface area contributed by atoms with E-state index in [9.17, 15) is 4.79 Å². The van der Waals surface area contributed by atoms with Gasteiger partial charge in [-0.25, -0.2) is 4.98 Å². The van der Waals surface area contributed by atoms with Gasteiger partial charge in [-0.3, -0.25) is 4.79 Å². The Morgan fingerprint density at radius 1 is 1.17 bits per heavy atom. The van der Waals surface area contributed by atoms with Crippen LogP contribution in [0.3, 0.4) is 0 Å². The third kappa shape index (κ3) is 4.36. The van der Waals surface area contributed by atoms with Gasteiger partial charge in [-0.1, -0.05) is 17.7 Å². The molecule has 2 aromatic rings. The fraction of sp³-hybridized carbons (Fsp3) is 0.294. The Labute approximate surface area is 140 Å². The number of benzene rings is 1. The molecule has 0 atom stereocenters. The molecule has 0 fully saturated rings. The van der Waals surface area contributed by atoms with Gasteiger partial charge in [0.25, 0.3) is 5.91 Å². The molecule has 0 aliphatic heterocycles. The number of amides is 1. The number of methoxy groups -OCH3 is 2. The van der Waals surface area contributed by atoms with E-state index in [0.717, 1.165) is 5.56 Å². The fourth-order valence-corrected chi connectivity index (χ4v) is 2.27. The number of pyridine rings is 1. The molecular weight excluding hydrogens is 316 g/mol. The number of carbonyl (C=O) groups excluding carboxylic acids is 1. The Hall–Kier alpha value is -2.27. The molecule has 0 saturated carbocycles. The van der Waals surface area contributed by atoms with Gasteiger partial charge in [0.1, 0.15) is 5.15 Å². The smallest absolute Gasteiger partial charge is 0.255 e. The van der Waals surface area contributed by atoms with Crippen LogP contribution >= 0.6 is 11.6 Å². The minimum absolute atomic E-state index is 0.0883. The van der Waals surface area contributed by atoms with Gasteiger partial charge in [0.2, 0.25) is 0 Å². The lowest BCUT2D eigenvalue weighted by Crippen LogP contribution is -2.28. The van der Waals surface area contributed by atoms with Crippen molar-refractivity contribution < 1.29 is 14.3 Å². The first-order valence-corrected chi connectivity index (χ1v) is 7.51. The van der Waals surface area contributed by atoms with Crippen LogP contribution in [-0.4, -0.2) is 43.6 Å². The molecule has 0 unspecified atom stereocenters. The molecule has 1 amide bonds. The Balaban J connectivity index is 1.99. The molecule has 2 rings (SSSR count). The van der Waals surface area contributed by atoms with Crippen molar-refractivity contribution in [2.75, 3.05) is 27.8 Å². The van der Waals surface area contributed by atoms with Crippen LogP contribution < -0.4 is 9.47 Å². The zero-order chi connectivity index (χ0) is 16.8. The summed E-state index contributed by atoms with van der Waals surface area (Å²) >= 11 is 5.73. The molecule has 6 heteroatoms. The number of halogens is 1. The minimum atomic E-state index is -0.0883. The van der Waals surface area contributed by atoms with Crippen LogP contribution in [0, 0.1) is 0 Å². The normalized spacial score (nSPS) is 10.3. The van der Waals surface area contributed by atoms with Crippen molar-refractivity contribution in [2.24, 2.45) is 0 Å². The Morgan fingerprint density at radius 3 is 2.52 bits per heavy atom. The second-order valence-electron chi connectivity index (χ2n) is 5.04. The third-order valence-electron chi connectivity index (χ3n) is 3.50. The van der Waals surface area contributed by atoms with Gasteiger partial charge in [-0.15, -0.1) is 0 Å². The summed E-state index contributed by atoms with van der Waals surface area (Å²) in [6.07, 6.45) is 2.20. The summed E-state index contributed by atoms with van der Waals surface area (Å²) in [5.41, 5.74) is 1.58. The van der Waals surface area contributed by atoms with E-state index in [1.165, 1.54) is 6.20 Å². The van der Waals surface area contributed by atoms with Crippen LogP contribution in [-0.2, 0) is 6.42 Å². The summed E-state index contributed by atoms with van der Waals surface area (Å²) < 4.78 is 10.5. The van der Waals surface area contributed by atoms with E-state index < -0.39 is 0 Å². The average Bonchev–Trinajstić information content (AvgIpc) is 2.59. The highest BCUT2D eigenvalue weighted by atomic mass is 35.5. The van der Waals surface area contributed by atoms with Gasteiger partial charge in [0.05, 0.1) is 19.8 Å². The molecule has 0 spiro atoms. The van der Waals surface area contributed by atoms with Crippen molar-refractivity contribution in [3.8, 4) is 11.5 Å². The van der Waals surface area contributed by atoms with Crippen molar-refractivity contribution in [2.45, 2.75) is 6.42 Å². The number of hydrogen-bond acceptors (Lipinski definition) is 4. The zero-order valence-electron chi connectivity index (χ0n) is 13.4. The molecule has 0 N–H and O–H groups in total. The summed E-state index contributed by atoms with van der Waals surface area (Å²) in [7, 11) is 4.96. The van der Waals surface area contributed by atoms with Gasteiger partial charge in [0.15, 0.2) is 11.5 Å². The summed E-state index contributed by atoms with van der Waals surface area (Å²) in [4.78, 5) is 17.9. The molecule has 0 bridgehead atoms. The second-order valence-corrected chi connectivity index (χ2v) is 5.42. The van der Waals surface area contributed by atoms with Gasteiger partial charge in [-0.2, -0.15) is 0 Å². The molecule has 1 aromatic carbocycles. The van der Waals surface area contributed by atoms with E-state index in [0.29, 0.717) is 35.2 Å². The maximum atomic E-state index is 12.3. The van der Waals surface area contributed by atoms with Gasteiger partial charge >= 0.3 is 0 Å². The van der Waals surface area contributed by atoms with E-state index in [4.69, 9.17) is 21.1 Å². The lowest BCUT2D eigenvalue weighted by atomic mass is 10.1. The summed E-state index contributed by atoms with van der Waals surface area (Å²) in [5.74, 6) is 1.28. The first-order valence-electron chi connectivity index (χ1n) is 7.13. The van der Waals surface area contributed by atoms with Crippen LogP contribution in [0.1, 0.15) is 15.9 Å². The van der Waals surface area contributed by atoms with Gasteiger partial charge in [-0.05, 0) is 36.2 Å². The summed E-state index contributed by atoms with van der Waals surface area (Å²) in [6, 6.07) is 9.02. The molecule has 0 aliphatic rings. The van der Waals surface area contributed by atoms with Crippen LogP contribution in [0.2, 0.25) is 5.15 Å². The predicted octanol–water partition coefficient (Wildman–Crippen LogP) is 3.07. The average molecular weight is 335 g/mol. The Kier molecular flexibility index (Phi) is 5.82. The lowest BCUT2D eigenvalue weighted by molar-refractivity contribution is 0.0796. The van der Waals surface area contributed by atoms with E-state index >= 15 is 0 Å². The Morgan fingerprint density at radius 2 is 1.91 bits per heavy atom. The van der Waals surface area contributed by atoms with Crippen LogP contribution in [0.4, 0.5) is 0 Å². The van der Waals surface area contributed by atoms with Crippen molar-refractivity contribution in [3.63, 3.8) is 0 Å². The number of rotatable bonds is 6. The van der Waals surface area contributed by atoms with Crippen LogP contribution in [0.25, 0.3) is 0 Å². The molecule has 1 aromatic heterocycles. The highest BCUT2D eigenvalue weighted by Gasteiger charge is 2.12. The maximum absolute atomic E-state index is 12.3. The van der Waals surface area contributed by atoms with Gasteiger partial charge < -0.3 is 14.4 Å². The SMILES string of the molecule is COc1ccc(CCN(C)C(=O)c2ccc(Cl)nc2)cc1OC. The molecular formula is C17H19ClN2O3. The number of ether oxygens (including phenoxy) is 2. The van der Waals surface area contributed by atoms with E-state index in [1.807, 2.05) is 18.2 Å². The summed E-state index contributed by atoms with van der Waals surface area (Å²) in [5, 5.41) is 0.370. The molecule has 0 radical (unpaired) electrons. The molecule has 1 heterocycles. The van der Waals surface area contributed by atoms with Crippen LogP contribution in [0.15, 0.2) is 36.5 Å². The summed E-state index contributed by atoms with van der Waals surface area (Å²) in [6.45, 7) is 0.580. The Bertz CT molecular complexity index is 674. The second kappa shape index (κ2) is 7.83. The topological polar surface area (TPSA) is 51.7 Å². The first-order chi connectivity index (χ1) is 11.0. The van der Waals surface area contributed by atoms with Crippen molar-refractivity contribution in [1.29, 1.82) is 0 Å². The predicted molar refractivity (Wildman–Crippen MR) is 89.5 cm³/mol. The standard InChI is InChI=1S/C17H19ClN2O3/c1-20(17(21)13-5-7-16(18)19-11-13)9-8-12-4-6-14(22-2)15(10-12)23-3/h4-7,10-11H,8-9H2,1-3H3. The largest absolute Gasteiger partial charge is 0.493 e. The van der Waals surface area contributed by atoms with E-state index in [-0.39, 0.29) is 5.91 Å². The molecule has 23 heavy (non-hydrogen) atoms. The highest BCUT2D eigenvalue weighted by molar-refractivity contribution is 6.29. The van der Waals surface area contributed by atoms with Gasteiger partial charge in [0, 0.05) is 19.8 Å². The van der Waals surface area contributed by atoms with E-state index in [2.05, 4.69) is 4.98 Å². The number of carbonyl (C=O) groups is 1. The quantitative estimate of drug-likeness (QED) is 0.762. The van der Waals surface area contributed by atoms with Crippen molar-refractivity contribution >= 4 is 17.5 Å². The number of hydrogen-bond donors (Lipinski definition) is 0. The number of aromatic nitrogens is 1. The third-order valence-corrected chi connectivity index (χ3v) is 3.73. The highest BCUT2D eigenvalue weighted by Crippen LogP contribution is 2.27. The monoisotopic (exact) mass is 334 g/mol. The van der Waals surface area contributed by atoms with Crippen LogP contribution in [0.5, 0.6) is 11.5 Å². The molecule has 122 valence electrons. The molecule has 5 nitrogen and oxygen atoms in total. The molecule has 0 saturated heterocycles. The maximum Gasteiger partial charge on any atom is 0.255 e. The zero-order valence-corrected chi connectivity index (χ0v) is 14.1. The fourth-order valence-electron chi connectivity index (χ4n) is 2.16. The minimum Gasteiger partial charge on any atom is -0.493 e. The van der Waals surface area contributed by atoms with Crippen molar-refractivity contribution in [1.82, 2.24) is 9.88 Å². The number of nitrogens with zero attached hydrogens (tertiary/aromatic N) is 2. The van der Waals surface area contributed by atoms with Crippen molar-refractivity contribution in [3.05, 3.63) is 52.8 Å².